The number of anilines is 1. The molecule has 6 heteroatoms. The fraction of sp³-hybridized carbons (Fsp3) is 0. The molecule has 2 N–H and O–H groups in total. The molecule has 0 bridgehead atoms. The zero-order valence-corrected chi connectivity index (χ0v) is 11.9. The molecule has 19 heavy (non-hydrogen) atoms. The Labute approximate surface area is 121 Å². The van der Waals surface area contributed by atoms with Crippen molar-refractivity contribution in [2.75, 3.05) is 5.73 Å². The molecule has 2 aromatic carbocycles. The Bertz CT molecular complexity index is 785. The Balaban J connectivity index is 2.36. The van der Waals surface area contributed by atoms with E-state index >= 15 is 0 Å². The van der Waals surface area contributed by atoms with Crippen LogP contribution < -0.4 is 5.73 Å². The van der Waals surface area contributed by atoms with Crippen LogP contribution in [0.2, 0.25) is 5.02 Å². The number of aromatic nitrogens is 2. The van der Waals surface area contributed by atoms with Gasteiger partial charge in [-0.1, -0.05) is 33.6 Å². The number of nitrogens with zero attached hydrogens (tertiary/aromatic N) is 2. The first-order valence-electron chi connectivity index (χ1n) is 5.46. The van der Waals surface area contributed by atoms with E-state index in [1.165, 1.54) is 6.07 Å². The van der Waals surface area contributed by atoms with Crippen LogP contribution in [-0.2, 0) is 0 Å². The minimum Gasteiger partial charge on any atom is -0.369 e. The molecule has 3 aromatic rings. The van der Waals surface area contributed by atoms with Gasteiger partial charge in [-0.05, 0) is 30.3 Å². The Kier molecular flexibility index (Phi) is 2.95. The third-order valence-corrected chi connectivity index (χ3v) is 3.61. The molecule has 0 amide bonds. The third-order valence-electron chi connectivity index (χ3n) is 2.81. The number of rotatable bonds is 1. The van der Waals surface area contributed by atoms with Crippen LogP contribution in [0.5, 0.6) is 0 Å². The number of fused-ring (bicyclic) bond motifs is 1. The van der Waals surface area contributed by atoms with Gasteiger partial charge in [0.1, 0.15) is 5.52 Å². The Morgan fingerprint density at radius 1 is 1.26 bits per heavy atom. The smallest absolute Gasteiger partial charge is 0.206 e. The standard InChI is InChI=1S/C13H8BrClFN3/c14-7-4-5-10(8(15)6-7)19-11-3-1-2-9(16)12(11)18-13(19)17/h1-6H,(H2,17,18). The predicted molar refractivity (Wildman–Crippen MR) is 78.2 cm³/mol. The summed E-state index contributed by atoms with van der Waals surface area (Å²) >= 11 is 9.54. The molecule has 96 valence electrons. The van der Waals surface area contributed by atoms with E-state index in [1.807, 2.05) is 6.07 Å². The number of nitrogen functional groups attached to an aromatic ring is 1. The van der Waals surface area contributed by atoms with E-state index in [2.05, 4.69) is 20.9 Å². The first-order valence-corrected chi connectivity index (χ1v) is 6.63. The molecule has 0 aliphatic heterocycles. The molecule has 0 atom stereocenters. The van der Waals surface area contributed by atoms with Gasteiger partial charge in [0.15, 0.2) is 5.82 Å². The number of para-hydroxylation sites is 1. The second-order valence-electron chi connectivity index (χ2n) is 4.01. The van der Waals surface area contributed by atoms with Crippen molar-refractivity contribution in [3.8, 4) is 5.69 Å². The molecule has 0 saturated heterocycles. The van der Waals surface area contributed by atoms with Crippen LogP contribution in [-0.4, -0.2) is 9.55 Å². The Hall–Kier alpha value is -1.59. The monoisotopic (exact) mass is 339 g/mol. The molecule has 0 spiro atoms. The molecule has 3 nitrogen and oxygen atoms in total. The van der Waals surface area contributed by atoms with Crippen LogP contribution in [0.25, 0.3) is 16.7 Å². The van der Waals surface area contributed by atoms with Gasteiger partial charge in [0, 0.05) is 4.47 Å². The van der Waals surface area contributed by atoms with Crippen molar-refractivity contribution in [3.63, 3.8) is 0 Å². The lowest BCUT2D eigenvalue weighted by atomic mass is 10.2. The summed E-state index contributed by atoms with van der Waals surface area (Å²) in [6, 6.07) is 10.1. The van der Waals surface area contributed by atoms with Gasteiger partial charge >= 0.3 is 0 Å². The Morgan fingerprint density at radius 2 is 2.05 bits per heavy atom. The van der Waals surface area contributed by atoms with Crippen molar-refractivity contribution in [1.29, 1.82) is 0 Å². The van der Waals surface area contributed by atoms with Crippen molar-refractivity contribution < 1.29 is 4.39 Å². The maximum atomic E-state index is 13.7. The summed E-state index contributed by atoms with van der Waals surface area (Å²) in [7, 11) is 0. The van der Waals surface area contributed by atoms with E-state index in [-0.39, 0.29) is 11.5 Å². The molecule has 0 saturated carbocycles. The highest BCUT2D eigenvalue weighted by molar-refractivity contribution is 9.10. The summed E-state index contributed by atoms with van der Waals surface area (Å²) in [5, 5.41) is 0.504. The van der Waals surface area contributed by atoms with E-state index < -0.39 is 5.82 Å². The number of halogens is 3. The van der Waals surface area contributed by atoms with E-state index in [9.17, 15) is 4.39 Å². The van der Waals surface area contributed by atoms with Crippen LogP contribution >= 0.6 is 27.5 Å². The second-order valence-corrected chi connectivity index (χ2v) is 5.33. The van der Waals surface area contributed by atoms with Crippen molar-refractivity contribution in [2.24, 2.45) is 0 Å². The van der Waals surface area contributed by atoms with E-state index in [1.54, 1.807) is 28.8 Å². The molecule has 0 aliphatic carbocycles. The first kappa shape index (κ1) is 12.4. The fourth-order valence-electron chi connectivity index (χ4n) is 2.00. The van der Waals surface area contributed by atoms with E-state index in [4.69, 9.17) is 17.3 Å². The van der Waals surface area contributed by atoms with Gasteiger partial charge in [-0.2, -0.15) is 0 Å². The normalized spacial score (nSPS) is 11.1. The van der Waals surface area contributed by atoms with Gasteiger partial charge in [-0.15, -0.1) is 0 Å². The van der Waals surface area contributed by atoms with Crippen LogP contribution in [0.15, 0.2) is 40.9 Å². The second kappa shape index (κ2) is 4.51. The molecule has 0 unspecified atom stereocenters. The lowest BCUT2D eigenvalue weighted by Gasteiger charge is -2.09. The van der Waals surface area contributed by atoms with Crippen molar-refractivity contribution in [1.82, 2.24) is 9.55 Å². The fourth-order valence-corrected chi connectivity index (χ4v) is 2.76. The summed E-state index contributed by atoms with van der Waals surface area (Å²) in [6.07, 6.45) is 0. The number of benzene rings is 2. The van der Waals surface area contributed by atoms with Crippen molar-refractivity contribution in [3.05, 3.63) is 51.7 Å². The van der Waals surface area contributed by atoms with Crippen LogP contribution in [0.1, 0.15) is 0 Å². The minimum atomic E-state index is -0.406. The summed E-state index contributed by atoms with van der Waals surface area (Å²) in [5.41, 5.74) is 7.36. The first-order chi connectivity index (χ1) is 9.08. The number of imidazole rings is 1. The largest absolute Gasteiger partial charge is 0.369 e. The predicted octanol–water partition coefficient (Wildman–Crippen LogP) is 4.16. The zero-order chi connectivity index (χ0) is 13.6. The van der Waals surface area contributed by atoms with Gasteiger partial charge < -0.3 is 5.73 Å². The van der Waals surface area contributed by atoms with Crippen LogP contribution in [0, 0.1) is 5.82 Å². The third kappa shape index (κ3) is 1.99. The molecule has 1 heterocycles. The lowest BCUT2D eigenvalue weighted by Crippen LogP contribution is -2.01. The summed E-state index contributed by atoms with van der Waals surface area (Å²) in [4.78, 5) is 4.05. The number of nitrogens with two attached hydrogens (primary N) is 1. The van der Waals surface area contributed by atoms with Crippen LogP contribution in [0.3, 0.4) is 0 Å². The van der Waals surface area contributed by atoms with E-state index in [0.717, 1.165) is 4.47 Å². The van der Waals surface area contributed by atoms with Crippen molar-refractivity contribution >= 4 is 44.5 Å². The molecule has 0 fully saturated rings. The molecule has 1 aromatic heterocycles. The highest BCUT2D eigenvalue weighted by Crippen LogP contribution is 2.30. The lowest BCUT2D eigenvalue weighted by molar-refractivity contribution is 0.637. The summed E-state index contributed by atoms with van der Waals surface area (Å²) in [5.74, 6) is -0.208. The number of hydrogen-bond acceptors (Lipinski definition) is 2. The SMILES string of the molecule is Nc1nc2c(F)cccc2n1-c1ccc(Br)cc1Cl. The highest BCUT2D eigenvalue weighted by Gasteiger charge is 2.14. The maximum Gasteiger partial charge on any atom is 0.206 e. The van der Waals surface area contributed by atoms with E-state index in [0.29, 0.717) is 16.2 Å². The molecule has 3 rings (SSSR count). The van der Waals surface area contributed by atoms with Gasteiger partial charge in [0.05, 0.1) is 16.2 Å². The molecule has 0 radical (unpaired) electrons. The van der Waals surface area contributed by atoms with Crippen LogP contribution in [0.4, 0.5) is 10.3 Å². The quantitative estimate of drug-likeness (QED) is 0.723. The molecule has 0 aliphatic rings. The highest BCUT2D eigenvalue weighted by atomic mass is 79.9. The van der Waals surface area contributed by atoms with Gasteiger partial charge in [0.25, 0.3) is 0 Å². The van der Waals surface area contributed by atoms with Gasteiger partial charge in [-0.3, -0.25) is 4.57 Å². The average Bonchev–Trinajstić information content (AvgIpc) is 2.68. The minimum absolute atomic E-state index is 0.198. The van der Waals surface area contributed by atoms with Gasteiger partial charge in [0.2, 0.25) is 5.95 Å². The summed E-state index contributed by atoms with van der Waals surface area (Å²) < 4.78 is 16.2. The maximum absolute atomic E-state index is 13.7. The zero-order valence-electron chi connectivity index (χ0n) is 9.57. The van der Waals surface area contributed by atoms with Crippen molar-refractivity contribution in [2.45, 2.75) is 0 Å². The number of hydrogen-bond donors (Lipinski definition) is 1. The Morgan fingerprint density at radius 3 is 2.79 bits per heavy atom. The molecular weight excluding hydrogens is 333 g/mol. The molecular formula is C13H8BrClFN3. The topological polar surface area (TPSA) is 43.8 Å². The van der Waals surface area contributed by atoms with Gasteiger partial charge in [-0.25, -0.2) is 9.37 Å². The summed E-state index contributed by atoms with van der Waals surface area (Å²) in [6.45, 7) is 0. The average molecular weight is 341 g/mol.